The molecule has 1 atom stereocenters. The summed E-state index contributed by atoms with van der Waals surface area (Å²) in [5.41, 5.74) is 8.39. The Bertz CT molecular complexity index is 302. The van der Waals surface area contributed by atoms with Crippen LogP contribution in [-0.4, -0.2) is 13.1 Å². The lowest BCUT2D eigenvalue weighted by Gasteiger charge is -2.29. The van der Waals surface area contributed by atoms with Gasteiger partial charge in [0.15, 0.2) is 0 Å². The predicted octanol–water partition coefficient (Wildman–Crippen LogP) is 3.12. The molecular weight excluding hydrogens is 220 g/mol. The second kappa shape index (κ2) is 6.12. The van der Waals surface area contributed by atoms with E-state index in [0.717, 1.165) is 0 Å². The maximum atomic E-state index is 5.83. The summed E-state index contributed by atoms with van der Waals surface area (Å²) in [6, 6.07) is 8.83. The van der Waals surface area contributed by atoms with Gasteiger partial charge in [0.1, 0.15) is 0 Å². The molecule has 0 aliphatic carbocycles. The number of piperidine rings is 1. The van der Waals surface area contributed by atoms with Crippen LogP contribution < -0.4 is 10.6 Å². The predicted molar refractivity (Wildman–Crippen MR) is 72.4 cm³/mol. The first kappa shape index (κ1) is 13.3. The number of nitrogens with zero attached hydrogens (tertiary/aromatic N) is 1. The number of rotatable bonds is 2. The summed E-state index contributed by atoms with van der Waals surface area (Å²) in [7, 11) is 0. The van der Waals surface area contributed by atoms with Crippen molar-refractivity contribution in [3.63, 3.8) is 0 Å². The molecular formula is C13H21ClN2. The van der Waals surface area contributed by atoms with Crippen LogP contribution in [0.1, 0.15) is 37.8 Å². The van der Waals surface area contributed by atoms with Crippen molar-refractivity contribution in [3.05, 3.63) is 29.8 Å². The first-order chi connectivity index (χ1) is 7.27. The maximum Gasteiger partial charge on any atom is 0.0366 e. The van der Waals surface area contributed by atoms with Crippen molar-refractivity contribution in [2.45, 2.75) is 32.2 Å². The van der Waals surface area contributed by atoms with Gasteiger partial charge in [-0.3, -0.25) is 0 Å². The van der Waals surface area contributed by atoms with Gasteiger partial charge in [-0.2, -0.15) is 0 Å². The molecule has 1 aliphatic heterocycles. The molecule has 1 aromatic carbocycles. The zero-order valence-electron chi connectivity index (χ0n) is 9.86. The molecule has 0 spiro atoms. The van der Waals surface area contributed by atoms with E-state index in [1.54, 1.807) is 0 Å². The highest BCUT2D eigenvalue weighted by molar-refractivity contribution is 5.85. The highest BCUT2D eigenvalue weighted by atomic mass is 35.5. The normalized spacial score (nSPS) is 17.8. The average Bonchev–Trinajstić information content (AvgIpc) is 2.30. The molecule has 1 aliphatic rings. The Morgan fingerprint density at radius 2 is 1.62 bits per heavy atom. The fourth-order valence-electron chi connectivity index (χ4n) is 2.14. The topological polar surface area (TPSA) is 29.3 Å². The van der Waals surface area contributed by atoms with Crippen LogP contribution in [0.5, 0.6) is 0 Å². The standard InChI is InChI=1S/C13H20N2.ClH/c1-11(14)12-5-7-13(8-6-12)15-9-3-2-4-10-15;/h5-8,11H,2-4,9-10,14H2,1H3;1H. The Balaban J connectivity index is 0.00000128. The molecule has 3 heteroatoms. The molecule has 1 fully saturated rings. The summed E-state index contributed by atoms with van der Waals surface area (Å²) < 4.78 is 0. The molecule has 2 rings (SSSR count). The minimum absolute atomic E-state index is 0. The average molecular weight is 241 g/mol. The van der Waals surface area contributed by atoms with Gasteiger partial charge in [0.05, 0.1) is 0 Å². The van der Waals surface area contributed by atoms with Gasteiger partial charge in [0, 0.05) is 24.8 Å². The first-order valence-corrected chi connectivity index (χ1v) is 5.88. The third-order valence-electron chi connectivity index (χ3n) is 3.14. The van der Waals surface area contributed by atoms with Crippen LogP contribution in [0, 0.1) is 0 Å². The van der Waals surface area contributed by atoms with E-state index in [2.05, 4.69) is 29.2 Å². The van der Waals surface area contributed by atoms with E-state index in [4.69, 9.17) is 5.73 Å². The monoisotopic (exact) mass is 240 g/mol. The Hall–Kier alpha value is -0.730. The lowest BCUT2D eigenvalue weighted by Crippen LogP contribution is -2.29. The minimum atomic E-state index is 0. The number of anilines is 1. The summed E-state index contributed by atoms with van der Waals surface area (Å²) in [4.78, 5) is 2.47. The Kier molecular flexibility index (Phi) is 5.10. The van der Waals surface area contributed by atoms with Crippen LogP contribution in [0.4, 0.5) is 5.69 Å². The van der Waals surface area contributed by atoms with E-state index in [0.29, 0.717) is 0 Å². The number of halogens is 1. The molecule has 2 N–H and O–H groups in total. The molecule has 90 valence electrons. The smallest absolute Gasteiger partial charge is 0.0366 e. The lowest BCUT2D eigenvalue weighted by molar-refractivity contribution is 0.578. The quantitative estimate of drug-likeness (QED) is 0.861. The van der Waals surface area contributed by atoms with E-state index in [-0.39, 0.29) is 18.4 Å². The van der Waals surface area contributed by atoms with Crippen LogP contribution in [0.3, 0.4) is 0 Å². The molecule has 0 aromatic heterocycles. The van der Waals surface area contributed by atoms with E-state index in [9.17, 15) is 0 Å². The molecule has 0 bridgehead atoms. The highest BCUT2D eigenvalue weighted by Gasteiger charge is 2.10. The fourth-order valence-corrected chi connectivity index (χ4v) is 2.14. The summed E-state index contributed by atoms with van der Waals surface area (Å²) in [5, 5.41) is 0. The van der Waals surface area contributed by atoms with Crippen LogP contribution in [0.15, 0.2) is 24.3 Å². The Morgan fingerprint density at radius 1 is 1.06 bits per heavy atom. The highest BCUT2D eigenvalue weighted by Crippen LogP contribution is 2.21. The number of hydrogen-bond donors (Lipinski definition) is 1. The van der Waals surface area contributed by atoms with Gasteiger partial charge in [0.25, 0.3) is 0 Å². The Labute approximate surface area is 104 Å². The van der Waals surface area contributed by atoms with Crippen molar-refractivity contribution in [1.29, 1.82) is 0 Å². The number of benzene rings is 1. The van der Waals surface area contributed by atoms with Crippen molar-refractivity contribution in [3.8, 4) is 0 Å². The molecule has 1 heterocycles. The number of nitrogens with two attached hydrogens (primary N) is 1. The molecule has 16 heavy (non-hydrogen) atoms. The van der Waals surface area contributed by atoms with Crippen molar-refractivity contribution in [2.75, 3.05) is 18.0 Å². The SMILES string of the molecule is CC(N)c1ccc(N2CCCCC2)cc1.Cl. The second-order valence-electron chi connectivity index (χ2n) is 4.43. The van der Waals surface area contributed by atoms with Crippen molar-refractivity contribution in [1.82, 2.24) is 0 Å². The first-order valence-electron chi connectivity index (χ1n) is 5.88. The van der Waals surface area contributed by atoms with Gasteiger partial charge in [-0.1, -0.05) is 12.1 Å². The Morgan fingerprint density at radius 3 is 2.12 bits per heavy atom. The van der Waals surface area contributed by atoms with Gasteiger partial charge in [-0.25, -0.2) is 0 Å². The van der Waals surface area contributed by atoms with E-state index >= 15 is 0 Å². The van der Waals surface area contributed by atoms with Crippen LogP contribution in [0.2, 0.25) is 0 Å². The summed E-state index contributed by atoms with van der Waals surface area (Å²) in [5.74, 6) is 0. The van der Waals surface area contributed by atoms with Crippen LogP contribution in [-0.2, 0) is 0 Å². The zero-order valence-corrected chi connectivity index (χ0v) is 10.7. The summed E-state index contributed by atoms with van der Waals surface area (Å²) in [6.45, 7) is 4.44. The van der Waals surface area contributed by atoms with Crippen LogP contribution in [0.25, 0.3) is 0 Å². The van der Waals surface area contributed by atoms with Crippen molar-refractivity contribution in [2.24, 2.45) is 5.73 Å². The lowest BCUT2D eigenvalue weighted by atomic mass is 10.1. The van der Waals surface area contributed by atoms with Gasteiger partial charge in [-0.15, -0.1) is 12.4 Å². The largest absolute Gasteiger partial charge is 0.372 e. The molecule has 0 amide bonds. The third-order valence-corrected chi connectivity index (χ3v) is 3.14. The third kappa shape index (κ3) is 3.13. The minimum Gasteiger partial charge on any atom is -0.372 e. The van der Waals surface area contributed by atoms with E-state index < -0.39 is 0 Å². The summed E-state index contributed by atoms with van der Waals surface area (Å²) in [6.07, 6.45) is 4.04. The fraction of sp³-hybridized carbons (Fsp3) is 0.538. The molecule has 1 unspecified atom stereocenters. The molecule has 0 saturated carbocycles. The van der Waals surface area contributed by atoms with E-state index in [1.807, 2.05) is 6.92 Å². The van der Waals surface area contributed by atoms with Crippen LogP contribution >= 0.6 is 12.4 Å². The van der Waals surface area contributed by atoms with Gasteiger partial charge in [-0.05, 0) is 43.9 Å². The number of hydrogen-bond acceptors (Lipinski definition) is 2. The van der Waals surface area contributed by atoms with Gasteiger partial charge in [0.2, 0.25) is 0 Å². The zero-order chi connectivity index (χ0) is 10.7. The summed E-state index contributed by atoms with van der Waals surface area (Å²) >= 11 is 0. The molecule has 0 radical (unpaired) electrons. The van der Waals surface area contributed by atoms with Gasteiger partial charge >= 0.3 is 0 Å². The van der Waals surface area contributed by atoms with E-state index in [1.165, 1.54) is 43.6 Å². The van der Waals surface area contributed by atoms with Crippen molar-refractivity contribution >= 4 is 18.1 Å². The molecule has 2 nitrogen and oxygen atoms in total. The maximum absolute atomic E-state index is 5.83. The van der Waals surface area contributed by atoms with Crippen molar-refractivity contribution < 1.29 is 0 Å². The molecule has 1 saturated heterocycles. The molecule has 1 aromatic rings. The van der Waals surface area contributed by atoms with Gasteiger partial charge < -0.3 is 10.6 Å². The second-order valence-corrected chi connectivity index (χ2v) is 4.43.